The van der Waals surface area contributed by atoms with Gasteiger partial charge in [0.05, 0.1) is 6.10 Å². The molecule has 102 valence electrons. The normalized spacial score (nSPS) is 26.5. The molecular formula is C13H29NO2Si. The summed E-state index contributed by atoms with van der Waals surface area (Å²) < 4.78 is 11.7. The summed E-state index contributed by atoms with van der Waals surface area (Å²) in [6.45, 7) is 13.4. The highest BCUT2D eigenvalue weighted by molar-refractivity contribution is 6.74. The Hall–Kier alpha value is 0.0969. The second-order valence-corrected chi connectivity index (χ2v) is 11.3. The number of hydrogen-bond acceptors (Lipinski definition) is 3. The maximum atomic E-state index is 6.19. The molecule has 2 atom stereocenters. The van der Waals surface area contributed by atoms with Crippen LogP contribution in [0.2, 0.25) is 18.1 Å². The molecule has 1 aliphatic heterocycles. The fourth-order valence-electron chi connectivity index (χ4n) is 1.97. The second kappa shape index (κ2) is 5.82. The Kier molecular flexibility index (Phi) is 5.19. The van der Waals surface area contributed by atoms with E-state index in [1.54, 1.807) is 7.11 Å². The minimum absolute atomic E-state index is 0.302. The molecule has 3 nitrogen and oxygen atoms in total. The minimum atomic E-state index is -1.58. The van der Waals surface area contributed by atoms with E-state index >= 15 is 0 Å². The highest BCUT2D eigenvalue weighted by Gasteiger charge is 2.37. The summed E-state index contributed by atoms with van der Waals surface area (Å²) in [6.07, 6.45) is 2.56. The predicted molar refractivity (Wildman–Crippen MR) is 75.0 cm³/mol. The maximum Gasteiger partial charge on any atom is 0.191 e. The summed E-state index contributed by atoms with van der Waals surface area (Å²) in [4.78, 5) is 0. The van der Waals surface area contributed by atoms with Crippen LogP contribution in [0.4, 0.5) is 0 Å². The Bertz CT molecular complexity index is 238. The van der Waals surface area contributed by atoms with Gasteiger partial charge in [-0.1, -0.05) is 20.8 Å². The fraction of sp³-hybridized carbons (Fsp3) is 1.00. The summed E-state index contributed by atoms with van der Waals surface area (Å²) in [7, 11) is 0.227. The van der Waals surface area contributed by atoms with Gasteiger partial charge in [0.2, 0.25) is 0 Å². The van der Waals surface area contributed by atoms with E-state index in [4.69, 9.17) is 9.16 Å². The molecule has 0 spiro atoms. The lowest BCUT2D eigenvalue weighted by molar-refractivity contribution is 0.0836. The average Bonchev–Trinajstić information content (AvgIpc) is 2.63. The molecule has 0 aromatic rings. The van der Waals surface area contributed by atoms with Crippen LogP contribution in [0.3, 0.4) is 0 Å². The molecule has 1 rings (SSSR count). The van der Waals surface area contributed by atoms with Gasteiger partial charge in [0.15, 0.2) is 8.32 Å². The third-order valence-corrected chi connectivity index (χ3v) is 8.82. The van der Waals surface area contributed by atoms with Gasteiger partial charge in [0.25, 0.3) is 0 Å². The summed E-state index contributed by atoms with van der Waals surface area (Å²) >= 11 is 0. The van der Waals surface area contributed by atoms with E-state index in [2.05, 4.69) is 39.2 Å². The Morgan fingerprint density at radius 3 is 2.47 bits per heavy atom. The van der Waals surface area contributed by atoms with Crippen molar-refractivity contribution in [2.24, 2.45) is 0 Å². The number of rotatable bonds is 5. The standard InChI is InChI=1S/C13H29NO2Si/c1-13(2,3)17(5,6)16-10-8-11-12(15-4)7-9-14-11/h11-12,14H,7-10H2,1-6H3. The van der Waals surface area contributed by atoms with Gasteiger partial charge in [-0.2, -0.15) is 0 Å². The van der Waals surface area contributed by atoms with Crippen molar-refractivity contribution in [2.45, 2.75) is 63.9 Å². The second-order valence-electron chi connectivity index (χ2n) is 6.52. The van der Waals surface area contributed by atoms with Gasteiger partial charge in [-0.15, -0.1) is 0 Å². The van der Waals surface area contributed by atoms with Crippen LogP contribution in [0.25, 0.3) is 0 Å². The van der Waals surface area contributed by atoms with E-state index in [1.807, 2.05) is 0 Å². The van der Waals surface area contributed by atoms with E-state index in [0.717, 1.165) is 26.0 Å². The zero-order chi connectivity index (χ0) is 13.1. The zero-order valence-electron chi connectivity index (χ0n) is 12.3. The molecule has 1 aliphatic rings. The Morgan fingerprint density at radius 2 is 1.94 bits per heavy atom. The number of nitrogens with one attached hydrogen (secondary N) is 1. The van der Waals surface area contributed by atoms with Crippen molar-refractivity contribution >= 4 is 8.32 Å². The molecule has 0 bridgehead atoms. The van der Waals surface area contributed by atoms with Crippen molar-refractivity contribution in [1.29, 1.82) is 0 Å². The molecule has 1 fully saturated rings. The van der Waals surface area contributed by atoms with Crippen LogP contribution in [0.1, 0.15) is 33.6 Å². The molecule has 0 amide bonds. The lowest BCUT2D eigenvalue weighted by Gasteiger charge is -2.36. The minimum Gasteiger partial charge on any atom is -0.417 e. The third kappa shape index (κ3) is 4.05. The van der Waals surface area contributed by atoms with Crippen LogP contribution in [-0.2, 0) is 9.16 Å². The first-order valence-corrected chi connectivity index (χ1v) is 9.59. The molecule has 2 unspecified atom stereocenters. The molecule has 0 saturated carbocycles. The Morgan fingerprint density at radius 1 is 1.29 bits per heavy atom. The van der Waals surface area contributed by atoms with Gasteiger partial charge in [-0.3, -0.25) is 0 Å². The van der Waals surface area contributed by atoms with Gasteiger partial charge in [-0.25, -0.2) is 0 Å². The Balaban J connectivity index is 2.32. The van der Waals surface area contributed by atoms with E-state index < -0.39 is 8.32 Å². The van der Waals surface area contributed by atoms with Crippen molar-refractivity contribution in [1.82, 2.24) is 5.32 Å². The van der Waals surface area contributed by atoms with Crippen LogP contribution in [0, 0.1) is 0 Å². The zero-order valence-corrected chi connectivity index (χ0v) is 13.3. The monoisotopic (exact) mass is 259 g/mol. The van der Waals surface area contributed by atoms with E-state index in [-0.39, 0.29) is 0 Å². The number of ether oxygens (including phenoxy) is 1. The lowest BCUT2D eigenvalue weighted by atomic mass is 10.1. The van der Waals surface area contributed by atoms with Crippen molar-refractivity contribution in [3.05, 3.63) is 0 Å². The van der Waals surface area contributed by atoms with Gasteiger partial charge < -0.3 is 14.5 Å². The predicted octanol–water partition coefficient (Wildman–Crippen LogP) is 2.78. The van der Waals surface area contributed by atoms with E-state index in [9.17, 15) is 0 Å². The molecule has 0 radical (unpaired) electrons. The molecule has 1 heterocycles. The fourth-order valence-corrected chi connectivity index (χ4v) is 3.03. The first-order chi connectivity index (χ1) is 7.78. The first kappa shape index (κ1) is 15.2. The third-order valence-electron chi connectivity index (χ3n) is 4.28. The van der Waals surface area contributed by atoms with Gasteiger partial charge in [-0.05, 0) is 37.5 Å². The first-order valence-electron chi connectivity index (χ1n) is 6.68. The van der Waals surface area contributed by atoms with Gasteiger partial charge >= 0.3 is 0 Å². The summed E-state index contributed by atoms with van der Waals surface area (Å²) in [5, 5.41) is 3.80. The van der Waals surface area contributed by atoms with Crippen LogP contribution >= 0.6 is 0 Å². The molecule has 0 aromatic carbocycles. The Labute approximate surface area is 107 Å². The van der Waals surface area contributed by atoms with Crippen LogP contribution in [-0.4, -0.2) is 40.7 Å². The topological polar surface area (TPSA) is 30.5 Å². The molecule has 1 N–H and O–H groups in total. The molecule has 0 aliphatic carbocycles. The largest absolute Gasteiger partial charge is 0.417 e. The van der Waals surface area contributed by atoms with Crippen LogP contribution < -0.4 is 5.32 Å². The molecule has 17 heavy (non-hydrogen) atoms. The van der Waals surface area contributed by atoms with Crippen molar-refractivity contribution < 1.29 is 9.16 Å². The molecule has 1 saturated heterocycles. The molecular weight excluding hydrogens is 230 g/mol. The van der Waals surface area contributed by atoms with Crippen LogP contribution in [0.5, 0.6) is 0 Å². The highest BCUT2D eigenvalue weighted by atomic mass is 28.4. The number of methoxy groups -OCH3 is 1. The lowest BCUT2D eigenvalue weighted by Crippen LogP contribution is -2.42. The summed E-state index contributed by atoms with van der Waals surface area (Å²) in [6, 6.07) is 0.477. The van der Waals surface area contributed by atoms with Crippen molar-refractivity contribution in [3.8, 4) is 0 Å². The molecule has 4 heteroatoms. The van der Waals surface area contributed by atoms with E-state index in [1.165, 1.54) is 0 Å². The van der Waals surface area contributed by atoms with Gasteiger partial charge in [0, 0.05) is 19.8 Å². The van der Waals surface area contributed by atoms with Gasteiger partial charge in [0.1, 0.15) is 0 Å². The van der Waals surface area contributed by atoms with Crippen molar-refractivity contribution in [3.63, 3.8) is 0 Å². The van der Waals surface area contributed by atoms with Crippen molar-refractivity contribution in [2.75, 3.05) is 20.3 Å². The smallest absolute Gasteiger partial charge is 0.191 e. The molecule has 0 aromatic heterocycles. The summed E-state index contributed by atoms with van der Waals surface area (Å²) in [5.74, 6) is 0. The summed E-state index contributed by atoms with van der Waals surface area (Å²) in [5.41, 5.74) is 0. The average molecular weight is 259 g/mol. The SMILES string of the molecule is COC1CCNC1CCO[Si](C)(C)C(C)(C)C. The van der Waals surface area contributed by atoms with Crippen LogP contribution in [0.15, 0.2) is 0 Å². The number of hydrogen-bond donors (Lipinski definition) is 1. The van der Waals surface area contributed by atoms with E-state index in [0.29, 0.717) is 17.2 Å². The highest BCUT2D eigenvalue weighted by Crippen LogP contribution is 2.36. The maximum absolute atomic E-state index is 6.19. The quantitative estimate of drug-likeness (QED) is 0.770.